The van der Waals surface area contributed by atoms with Gasteiger partial charge < -0.3 is 24.8 Å². The van der Waals surface area contributed by atoms with Crippen LogP contribution in [0.15, 0.2) is 0 Å². The van der Waals surface area contributed by atoms with Crippen LogP contribution in [0.5, 0.6) is 0 Å². The second-order valence-electron chi connectivity index (χ2n) is 22.9. The highest BCUT2D eigenvalue weighted by Crippen LogP contribution is 2.70. The Morgan fingerprint density at radius 3 is 1.52 bits per heavy atom. The molecule has 8 nitrogen and oxygen atoms in total. The van der Waals surface area contributed by atoms with Gasteiger partial charge in [-0.15, -0.1) is 0 Å². The summed E-state index contributed by atoms with van der Waals surface area (Å²) < 4.78 is 9.71. The molecule has 3 N–H and O–H groups in total. The van der Waals surface area contributed by atoms with Crippen LogP contribution in [0.25, 0.3) is 0 Å². The first-order chi connectivity index (χ1) is 27.4. The molecule has 0 spiro atoms. The van der Waals surface area contributed by atoms with Crippen molar-refractivity contribution in [1.82, 2.24) is 0 Å². The molecule has 0 saturated heterocycles. The molecular formula is C50H82O8. The minimum Gasteiger partial charge on any atom is -0.469 e. The monoisotopic (exact) mass is 811 g/mol. The van der Waals surface area contributed by atoms with E-state index in [-0.39, 0.29) is 46.5 Å². The maximum Gasteiger partial charge on any atom is 0.305 e. The molecule has 0 aromatic rings. The largest absolute Gasteiger partial charge is 0.469 e. The quantitative estimate of drug-likeness (QED) is 0.207. The summed E-state index contributed by atoms with van der Waals surface area (Å²) in [6, 6.07) is 0. The van der Waals surface area contributed by atoms with Crippen LogP contribution in [0.4, 0.5) is 0 Å². The fourth-order valence-corrected chi connectivity index (χ4v) is 17.5. The van der Waals surface area contributed by atoms with Gasteiger partial charge in [0.25, 0.3) is 0 Å². The Morgan fingerprint density at radius 1 is 0.603 bits per heavy atom. The molecule has 0 bridgehead atoms. The van der Waals surface area contributed by atoms with Crippen molar-refractivity contribution in [3.05, 3.63) is 0 Å². The number of Topliss-reactive ketones (excluding diaryl/α,β-unsaturated/α-hetero) is 1. The number of hydrogen-bond acceptors (Lipinski definition) is 8. The van der Waals surface area contributed by atoms with E-state index in [1.54, 1.807) is 0 Å². The van der Waals surface area contributed by atoms with Gasteiger partial charge in [0.15, 0.2) is 0 Å². The Hall–Kier alpha value is -1.51. The standard InChI is InChI=1S/C25H42O4.C25H40O4/c2*1-15(5-8-22(28)29-4)18-6-7-19-23-20(10-12-25(18,19)3)24(2)11-9-17(26)13-16(24)14-21(23)27/h15-21,23,26-27H,5-14H2,1-4H3;15-16,18-21,23,27H,5-14H2,1-4H3/t15-,16+,17-,18-,19?,20?,21-,23?,24+,25-;15-,16+,18-,19?,20?,21-,23?,24+,25-/m11/s1. The molecule has 0 radical (unpaired) electrons. The van der Waals surface area contributed by atoms with Crippen molar-refractivity contribution in [3.8, 4) is 0 Å². The van der Waals surface area contributed by atoms with Crippen molar-refractivity contribution in [3.63, 3.8) is 0 Å². The molecule has 0 aromatic carbocycles. The van der Waals surface area contributed by atoms with Crippen molar-refractivity contribution < 1.29 is 39.2 Å². The van der Waals surface area contributed by atoms with Crippen LogP contribution in [0, 0.1) is 92.7 Å². The number of carbonyl (C=O) groups is 3. The molecule has 6 unspecified atom stereocenters. The summed E-state index contributed by atoms with van der Waals surface area (Å²) in [5, 5.41) is 32.8. The summed E-state index contributed by atoms with van der Waals surface area (Å²) in [7, 11) is 2.95. The summed E-state index contributed by atoms with van der Waals surface area (Å²) in [5.74, 6) is 6.52. The van der Waals surface area contributed by atoms with Gasteiger partial charge >= 0.3 is 11.9 Å². The molecule has 8 heteroatoms. The molecule has 0 aliphatic heterocycles. The minimum absolute atomic E-state index is 0.0959. The topological polar surface area (TPSA) is 130 Å². The maximum atomic E-state index is 12.1. The number of aliphatic hydroxyl groups is 3. The van der Waals surface area contributed by atoms with Crippen LogP contribution in [-0.4, -0.2) is 65.6 Å². The average molecular weight is 811 g/mol. The predicted molar refractivity (Wildman–Crippen MR) is 225 cm³/mol. The molecule has 8 rings (SSSR count). The number of esters is 2. The molecular weight excluding hydrogens is 729 g/mol. The highest BCUT2D eigenvalue weighted by molar-refractivity contribution is 5.79. The summed E-state index contributed by atoms with van der Waals surface area (Å²) in [6.07, 6.45) is 19.1. The van der Waals surface area contributed by atoms with E-state index in [4.69, 9.17) is 9.47 Å². The lowest BCUT2D eigenvalue weighted by molar-refractivity contribution is -0.174. The van der Waals surface area contributed by atoms with Gasteiger partial charge in [-0.3, -0.25) is 14.4 Å². The van der Waals surface area contributed by atoms with Crippen LogP contribution < -0.4 is 0 Å². The minimum atomic E-state index is -0.252. The Labute approximate surface area is 351 Å². The third-order valence-corrected chi connectivity index (χ3v) is 20.7. The Kier molecular flexibility index (Phi) is 13.0. The van der Waals surface area contributed by atoms with Crippen molar-refractivity contribution in [1.29, 1.82) is 0 Å². The second kappa shape index (κ2) is 17.0. The van der Waals surface area contributed by atoms with Crippen molar-refractivity contribution in [2.24, 2.45) is 92.7 Å². The third kappa shape index (κ3) is 7.68. The van der Waals surface area contributed by atoms with Gasteiger partial charge in [0, 0.05) is 25.7 Å². The fourth-order valence-electron chi connectivity index (χ4n) is 17.5. The van der Waals surface area contributed by atoms with E-state index in [0.717, 1.165) is 57.8 Å². The Bertz CT molecular complexity index is 1500. The summed E-state index contributed by atoms with van der Waals surface area (Å²) in [4.78, 5) is 35.4. The second-order valence-corrected chi connectivity index (χ2v) is 22.9. The van der Waals surface area contributed by atoms with Crippen LogP contribution in [0.2, 0.25) is 0 Å². The van der Waals surface area contributed by atoms with Crippen molar-refractivity contribution in [2.45, 2.75) is 188 Å². The van der Waals surface area contributed by atoms with E-state index in [0.29, 0.717) is 101 Å². The predicted octanol–water partition coefficient (Wildman–Crippen LogP) is 9.34. The summed E-state index contributed by atoms with van der Waals surface area (Å²) in [6.45, 7) is 14.5. The number of ether oxygens (including phenoxy) is 2. The highest BCUT2D eigenvalue weighted by Gasteiger charge is 2.64. The number of aliphatic hydroxyl groups excluding tert-OH is 3. The normalized spacial score (nSPS) is 48.9. The number of carbonyl (C=O) groups excluding carboxylic acids is 3. The molecule has 0 heterocycles. The maximum absolute atomic E-state index is 12.1. The van der Waals surface area contributed by atoms with Gasteiger partial charge in [-0.25, -0.2) is 0 Å². The van der Waals surface area contributed by atoms with Gasteiger partial charge in [0.1, 0.15) is 5.78 Å². The lowest BCUT2D eigenvalue weighted by atomic mass is 9.43. The number of rotatable bonds is 8. The first kappa shape index (κ1) is 44.5. The third-order valence-electron chi connectivity index (χ3n) is 20.7. The van der Waals surface area contributed by atoms with E-state index >= 15 is 0 Å². The molecule has 0 aromatic heterocycles. The molecule has 0 amide bonds. The highest BCUT2D eigenvalue weighted by atomic mass is 16.5. The lowest BCUT2D eigenvalue weighted by Gasteiger charge is -2.62. The zero-order valence-corrected chi connectivity index (χ0v) is 37.7. The van der Waals surface area contributed by atoms with E-state index in [2.05, 4.69) is 41.5 Å². The first-order valence-electron chi connectivity index (χ1n) is 24.1. The number of ketones is 1. The van der Waals surface area contributed by atoms with Gasteiger partial charge in [0.2, 0.25) is 0 Å². The molecule has 8 saturated carbocycles. The smallest absolute Gasteiger partial charge is 0.305 e. The van der Waals surface area contributed by atoms with Crippen LogP contribution in [-0.2, 0) is 23.9 Å². The number of fused-ring (bicyclic) bond motifs is 10. The first-order valence-corrected chi connectivity index (χ1v) is 24.1. The number of hydrogen-bond donors (Lipinski definition) is 3. The van der Waals surface area contributed by atoms with Crippen LogP contribution in [0.3, 0.4) is 0 Å². The van der Waals surface area contributed by atoms with E-state index < -0.39 is 0 Å². The van der Waals surface area contributed by atoms with Gasteiger partial charge in [-0.2, -0.15) is 0 Å². The summed E-state index contributed by atoms with van der Waals surface area (Å²) >= 11 is 0. The van der Waals surface area contributed by atoms with Gasteiger partial charge in [-0.05, 0) is 195 Å². The molecule has 8 fully saturated rings. The Morgan fingerprint density at radius 2 is 1.03 bits per heavy atom. The van der Waals surface area contributed by atoms with E-state index in [1.807, 2.05) is 0 Å². The SMILES string of the molecule is COC(=O)CC[C@@H](C)[C@H]1CCC2C3C(CC[C@@]21C)[C@@]1(C)CCC(=O)C[C@H]1C[C@H]3O.COC(=O)CC[C@@H](C)[C@H]1CCC2C3C(CC[C@@]21C)[C@@]1(C)CC[C@@H](O)C[C@H]1C[C@H]3O. The zero-order valence-electron chi connectivity index (χ0n) is 37.7. The molecule has 330 valence electrons. The van der Waals surface area contributed by atoms with Crippen molar-refractivity contribution >= 4 is 17.7 Å². The van der Waals surface area contributed by atoms with Gasteiger partial charge in [-0.1, -0.05) is 41.5 Å². The van der Waals surface area contributed by atoms with Gasteiger partial charge in [0.05, 0.1) is 32.5 Å². The average Bonchev–Trinajstić information content (AvgIpc) is 3.74. The summed E-state index contributed by atoms with van der Waals surface area (Å²) in [5.41, 5.74) is 1.08. The number of methoxy groups -OCH3 is 2. The zero-order chi connectivity index (χ0) is 41.9. The van der Waals surface area contributed by atoms with Crippen LogP contribution >= 0.6 is 0 Å². The molecule has 19 atom stereocenters. The lowest BCUT2D eigenvalue weighted by Crippen LogP contribution is -2.58. The van der Waals surface area contributed by atoms with E-state index in [1.165, 1.54) is 65.6 Å². The molecule has 58 heavy (non-hydrogen) atoms. The fraction of sp³-hybridized carbons (Fsp3) is 0.940. The van der Waals surface area contributed by atoms with Crippen LogP contribution in [0.1, 0.15) is 170 Å². The van der Waals surface area contributed by atoms with E-state index in [9.17, 15) is 29.7 Å². The molecule has 8 aliphatic carbocycles. The Balaban J connectivity index is 0.000000177. The molecule has 8 aliphatic rings. The van der Waals surface area contributed by atoms with Crippen molar-refractivity contribution in [2.75, 3.05) is 14.2 Å².